The molecule has 2 aromatic rings. The Labute approximate surface area is 190 Å². The number of carbonyl (C=O) groups is 1. The van der Waals surface area contributed by atoms with Crippen LogP contribution in [0.15, 0.2) is 45.3 Å². The van der Waals surface area contributed by atoms with Gasteiger partial charge in [0.15, 0.2) is 9.74 Å². The number of allylic oxidation sites excluding steroid dienone is 3. The van der Waals surface area contributed by atoms with Gasteiger partial charge in [-0.2, -0.15) is 5.26 Å². The van der Waals surface area contributed by atoms with Gasteiger partial charge in [-0.1, -0.05) is 41.1 Å². The number of nitrogens with zero attached hydrogens (tertiary/aromatic N) is 3. The van der Waals surface area contributed by atoms with Crippen molar-refractivity contribution >= 4 is 50.4 Å². The molecule has 0 spiro atoms. The molecule has 0 saturated heterocycles. The Morgan fingerprint density at radius 1 is 1.47 bits per heavy atom. The molecule has 0 bridgehead atoms. The van der Waals surface area contributed by atoms with Crippen LogP contribution < -0.4 is 10.6 Å². The summed E-state index contributed by atoms with van der Waals surface area (Å²) in [6.07, 6.45) is 0.812. The Morgan fingerprint density at radius 3 is 2.83 bits per heavy atom. The van der Waals surface area contributed by atoms with E-state index in [2.05, 4.69) is 32.2 Å². The number of aromatic amines is 1. The maximum absolute atomic E-state index is 14.9. The Kier molecular flexibility index (Phi) is 5.16. The molecule has 2 aliphatic rings. The number of carbonyl (C=O) groups excluding carboxylic acids is 1. The van der Waals surface area contributed by atoms with Crippen molar-refractivity contribution in [1.29, 1.82) is 5.26 Å². The van der Waals surface area contributed by atoms with Crippen molar-refractivity contribution in [3.8, 4) is 6.07 Å². The van der Waals surface area contributed by atoms with Crippen LogP contribution in [0.25, 0.3) is 0 Å². The van der Waals surface area contributed by atoms with Gasteiger partial charge in [0.05, 0.1) is 17.6 Å². The van der Waals surface area contributed by atoms with E-state index < -0.39 is 11.7 Å². The summed E-state index contributed by atoms with van der Waals surface area (Å²) >= 11 is 9.71. The summed E-state index contributed by atoms with van der Waals surface area (Å²) in [5.41, 5.74) is 7.50. The van der Waals surface area contributed by atoms with Gasteiger partial charge in [0.2, 0.25) is 5.13 Å². The van der Waals surface area contributed by atoms with Crippen LogP contribution >= 0.6 is 39.5 Å². The topological polar surface area (TPSA) is 98.8 Å². The van der Waals surface area contributed by atoms with Crippen molar-refractivity contribution < 1.29 is 9.18 Å². The van der Waals surface area contributed by atoms with E-state index in [-0.39, 0.29) is 28.2 Å². The molecular formula is C20H17BrFN5OS2. The second-order valence-electron chi connectivity index (χ2n) is 8.04. The average Bonchev–Trinajstić information content (AvgIpc) is 3.07. The number of hydrogen-bond donors (Lipinski definition) is 2. The maximum atomic E-state index is 14.9. The zero-order chi connectivity index (χ0) is 21.8. The summed E-state index contributed by atoms with van der Waals surface area (Å²) in [4.78, 5) is 15.0. The van der Waals surface area contributed by atoms with Gasteiger partial charge in [-0.05, 0) is 42.3 Å². The van der Waals surface area contributed by atoms with Crippen molar-refractivity contribution in [1.82, 2.24) is 10.2 Å². The summed E-state index contributed by atoms with van der Waals surface area (Å²) in [5.74, 6) is -1.38. The Bertz CT molecular complexity index is 1240. The van der Waals surface area contributed by atoms with Crippen molar-refractivity contribution in [3.05, 3.63) is 60.7 Å². The molecule has 0 fully saturated rings. The highest BCUT2D eigenvalue weighted by atomic mass is 79.9. The molecular weight excluding hydrogens is 489 g/mol. The van der Waals surface area contributed by atoms with Gasteiger partial charge in [-0.25, -0.2) is 4.39 Å². The minimum absolute atomic E-state index is 0.111. The van der Waals surface area contributed by atoms with Gasteiger partial charge in [0.1, 0.15) is 11.6 Å². The molecule has 0 saturated carbocycles. The van der Waals surface area contributed by atoms with Crippen LogP contribution in [-0.2, 0) is 4.79 Å². The van der Waals surface area contributed by atoms with E-state index in [0.29, 0.717) is 37.7 Å². The molecule has 1 aliphatic heterocycles. The molecule has 4 rings (SSSR count). The smallest absolute Gasteiger partial charge is 0.216 e. The van der Waals surface area contributed by atoms with E-state index in [1.807, 2.05) is 13.8 Å². The van der Waals surface area contributed by atoms with Crippen LogP contribution in [0, 0.1) is 26.5 Å². The van der Waals surface area contributed by atoms with Crippen molar-refractivity contribution in [2.75, 3.05) is 4.90 Å². The van der Waals surface area contributed by atoms with Crippen LogP contribution in [0.4, 0.5) is 9.52 Å². The number of nitriles is 1. The molecule has 2 heterocycles. The fraction of sp³-hybridized carbons (Fsp3) is 0.300. The molecule has 30 heavy (non-hydrogen) atoms. The molecule has 1 atom stereocenters. The maximum Gasteiger partial charge on any atom is 0.216 e. The number of nitrogens with one attached hydrogen (secondary N) is 1. The van der Waals surface area contributed by atoms with E-state index in [4.69, 9.17) is 18.0 Å². The average molecular weight is 506 g/mol. The van der Waals surface area contributed by atoms with Gasteiger partial charge in [-0.15, -0.1) is 5.10 Å². The predicted octanol–water partition coefficient (Wildman–Crippen LogP) is 5.04. The number of benzene rings is 1. The monoisotopic (exact) mass is 505 g/mol. The van der Waals surface area contributed by atoms with Gasteiger partial charge < -0.3 is 5.73 Å². The van der Waals surface area contributed by atoms with E-state index >= 15 is 0 Å². The summed E-state index contributed by atoms with van der Waals surface area (Å²) in [6, 6.07) is 6.60. The predicted molar refractivity (Wildman–Crippen MR) is 118 cm³/mol. The summed E-state index contributed by atoms with van der Waals surface area (Å²) in [7, 11) is 0. The third kappa shape index (κ3) is 3.41. The zero-order valence-corrected chi connectivity index (χ0v) is 19.3. The van der Waals surface area contributed by atoms with Crippen LogP contribution in [0.1, 0.15) is 38.2 Å². The summed E-state index contributed by atoms with van der Waals surface area (Å²) in [6.45, 7) is 3.99. The minimum atomic E-state index is -0.880. The van der Waals surface area contributed by atoms with Crippen LogP contribution in [0.5, 0.6) is 0 Å². The van der Waals surface area contributed by atoms with Crippen LogP contribution in [0.2, 0.25) is 0 Å². The minimum Gasteiger partial charge on any atom is -0.384 e. The molecule has 6 nitrogen and oxygen atoms in total. The van der Waals surface area contributed by atoms with Gasteiger partial charge in [0, 0.05) is 27.7 Å². The third-order valence-corrected chi connectivity index (χ3v) is 6.84. The number of hydrogen-bond acceptors (Lipinski definition) is 7. The molecule has 0 radical (unpaired) electrons. The van der Waals surface area contributed by atoms with E-state index in [0.717, 1.165) is 0 Å². The number of halogens is 2. The standard InChI is InChI=1S/C20H17BrFN5OS2/c1-20(2)6-13-16(14(28)7-20)15(10-5-9(21)3-4-12(10)22)11(8-23)17(24)27(13)18-25-26-19(29)30-18/h3-5,15H,6-7,24H2,1-2H3,(H,26,29). The Hall–Kier alpha value is -2.35. The van der Waals surface area contributed by atoms with E-state index in [9.17, 15) is 14.4 Å². The highest BCUT2D eigenvalue weighted by molar-refractivity contribution is 9.10. The number of ketones is 1. The molecule has 3 N–H and O–H groups in total. The first kappa shape index (κ1) is 20.9. The lowest BCUT2D eigenvalue weighted by molar-refractivity contribution is -0.118. The van der Waals surface area contributed by atoms with Gasteiger partial charge in [0.25, 0.3) is 0 Å². The molecule has 154 valence electrons. The first-order valence-electron chi connectivity index (χ1n) is 9.09. The fourth-order valence-corrected chi connectivity index (χ4v) is 5.39. The van der Waals surface area contributed by atoms with Crippen molar-refractivity contribution in [2.45, 2.75) is 32.6 Å². The molecule has 1 aromatic carbocycles. The normalized spacial score (nSPS) is 21.0. The quantitative estimate of drug-likeness (QED) is 0.554. The lowest BCUT2D eigenvalue weighted by Crippen LogP contribution is -2.42. The van der Waals surface area contributed by atoms with Gasteiger partial charge in [-0.3, -0.25) is 14.8 Å². The number of rotatable bonds is 2. The Morgan fingerprint density at radius 2 is 2.20 bits per heavy atom. The van der Waals surface area contributed by atoms with E-state index in [1.54, 1.807) is 17.0 Å². The Balaban J connectivity index is 2.04. The number of nitrogens with two attached hydrogens (primary N) is 1. The highest BCUT2D eigenvalue weighted by Crippen LogP contribution is 2.50. The molecule has 10 heteroatoms. The first-order valence-corrected chi connectivity index (χ1v) is 11.1. The molecule has 1 unspecified atom stereocenters. The lowest BCUT2D eigenvalue weighted by atomic mass is 9.68. The molecule has 0 amide bonds. The summed E-state index contributed by atoms with van der Waals surface area (Å²) < 4.78 is 16.0. The van der Waals surface area contributed by atoms with Crippen LogP contribution in [-0.4, -0.2) is 16.0 Å². The van der Waals surface area contributed by atoms with Crippen LogP contribution in [0.3, 0.4) is 0 Å². The number of H-pyrrole nitrogens is 1. The summed E-state index contributed by atoms with van der Waals surface area (Å²) in [5, 5.41) is 17.3. The van der Waals surface area contributed by atoms with E-state index in [1.165, 1.54) is 17.4 Å². The molecule has 1 aliphatic carbocycles. The van der Waals surface area contributed by atoms with Gasteiger partial charge >= 0.3 is 0 Å². The zero-order valence-electron chi connectivity index (χ0n) is 16.1. The van der Waals surface area contributed by atoms with Crippen molar-refractivity contribution in [3.63, 3.8) is 0 Å². The number of Topliss-reactive ketones (excluding diaryl/α,β-unsaturated/α-hetero) is 1. The lowest BCUT2D eigenvalue weighted by Gasteiger charge is -2.42. The second kappa shape index (κ2) is 7.41. The highest BCUT2D eigenvalue weighted by Gasteiger charge is 2.46. The number of aromatic nitrogens is 2. The third-order valence-electron chi connectivity index (χ3n) is 5.27. The SMILES string of the molecule is CC1(C)CC(=O)C2=C(C1)N(c1n[nH]c(=S)s1)C(N)=C(C#N)C2c1cc(Br)ccc1F. The number of anilines is 1. The fourth-order valence-electron chi connectivity index (χ4n) is 4.09. The van der Waals surface area contributed by atoms with Crippen molar-refractivity contribution in [2.24, 2.45) is 11.1 Å². The largest absolute Gasteiger partial charge is 0.384 e. The first-order chi connectivity index (χ1) is 14.1. The second-order valence-corrected chi connectivity index (χ2v) is 10.6. The molecule has 1 aromatic heterocycles.